The summed E-state index contributed by atoms with van der Waals surface area (Å²) in [5.41, 5.74) is 3.34. The Morgan fingerprint density at radius 3 is 2.52 bits per heavy atom. The number of piperidine rings is 1. The average Bonchev–Trinajstić information content (AvgIpc) is 3.00. The number of fused-ring (bicyclic) bond motifs is 1. The van der Waals surface area contributed by atoms with Crippen LogP contribution in [0.5, 0.6) is 11.5 Å². The lowest BCUT2D eigenvalue weighted by molar-refractivity contribution is -0.286. The van der Waals surface area contributed by atoms with Crippen molar-refractivity contribution in [2.24, 2.45) is 5.92 Å². The van der Waals surface area contributed by atoms with Gasteiger partial charge in [0.1, 0.15) is 0 Å². The molecule has 170 valence electrons. The van der Waals surface area contributed by atoms with Gasteiger partial charge in [0.25, 0.3) is 17.7 Å². The van der Waals surface area contributed by atoms with Gasteiger partial charge >= 0.3 is 0 Å². The van der Waals surface area contributed by atoms with Gasteiger partial charge in [0.15, 0.2) is 11.5 Å². The molecule has 31 heavy (non-hydrogen) atoms. The standard InChI is InChI=1S/C21H29N3O7/c1-13(2)21(19(27)24-10-6-5-9-20(24,28)31-21)18(26)23-22-17(25)12-14-7-8-15(29-3)16(11-14)30-4/h7-8,11,13,28H,5-6,9-10,12H2,1-4H3,(H,22,25)(H,23,26). The van der Waals surface area contributed by atoms with E-state index >= 15 is 0 Å². The Hall–Kier alpha value is -2.85. The van der Waals surface area contributed by atoms with E-state index in [1.807, 2.05) is 0 Å². The molecule has 2 heterocycles. The summed E-state index contributed by atoms with van der Waals surface area (Å²) in [4.78, 5) is 39.6. The Morgan fingerprint density at radius 2 is 1.90 bits per heavy atom. The number of carbonyl (C=O) groups is 3. The molecule has 2 saturated heterocycles. The number of amides is 3. The fraction of sp³-hybridized carbons (Fsp3) is 0.571. The predicted molar refractivity (Wildman–Crippen MR) is 109 cm³/mol. The number of hydrogen-bond donors (Lipinski definition) is 3. The van der Waals surface area contributed by atoms with Gasteiger partial charge in [-0.05, 0) is 30.5 Å². The first-order valence-electron chi connectivity index (χ1n) is 10.2. The fourth-order valence-corrected chi connectivity index (χ4v) is 4.01. The first-order chi connectivity index (χ1) is 14.7. The lowest BCUT2D eigenvalue weighted by atomic mass is 9.88. The van der Waals surface area contributed by atoms with Gasteiger partial charge in [-0.25, -0.2) is 0 Å². The van der Waals surface area contributed by atoms with Crippen molar-refractivity contribution in [1.82, 2.24) is 15.8 Å². The van der Waals surface area contributed by atoms with E-state index in [2.05, 4.69) is 10.9 Å². The molecular weight excluding hydrogens is 406 g/mol. The van der Waals surface area contributed by atoms with Gasteiger partial charge in [0.05, 0.1) is 20.6 Å². The third-order valence-electron chi connectivity index (χ3n) is 5.72. The van der Waals surface area contributed by atoms with Crippen molar-refractivity contribution in [2.75, 3.05) is 20.8 Å². The molecule has 0 radical (unpaired) electrons. The number of rotatable bonds is 6. The zero-order chi connectivity index (χ0) is 22.8. The summed E-state index contributed by atoms with van der Waals surface area (Å²) in [5.74, 6) is -3.29. The minimum Gasteiger partial charge on any atom is -0.493 e. The Balaban J connectivity index is 1.68. The minimum absolute atomic E-state index is 0.0415. The number of nitrogens with one attached hydrogen (secondary N) is 2. The van der Waals surface area contributed by atoms with E-state index in [-0.39, 0.29) is 12.8 Å². The van der Waals surface area contributed by atoms with Crippen LogP contribution in [0.25, 0.3) is 0 Å². The monoisotopic (exact) mass is 435 g/mol. The summed E-state index contributed by atoms with van der Waals surface area (Å²) in [6.07, 6.45) is 1.58. The Labute approximate surface area is 180 Å². The zero-order valence-corrected chi connectivity index (χ0v) is 18.2. The molecule has 0 aliphatic carbocycles. The first kappa shape index (κ1) is 22.8. The molecule has 0 bridgehead atoms. The quantitative estimate of drug-likeness (QED) is 0.438. The van der Waals surface area contributed by atoms with Crippen LogP contribution in [0.1, 0.15) is 38.7 Å². The number of carbonyl (C=O) groups excluding carboxylic acids is 3. The van der Waals surface area contributed by atoms with E-state index in [0.717, 1.165) is 6.42 Å². The van der Waals surface area contributed by atoms with Crippen molar-refractivity contribution >= 4 is 17.7 Å². The van der Waals surface area contributed by atoms with Crippen LogP contribution in [0.4, 0.5) is 0 Å². The van der Waals surface area contributed by atoms with Crippen molar-refractivity contribution in [3.8, 4) is 11.5 Å². The van der Waals surface area contributed by atoms with Gasteiger partial charge in [-0.3, -0.25) is 30.1 Å². The molecule has 2 aliphatic rings. The van der Waals surface area contributed by atoms with Crippen molar-refractivity contribution in [1.29, 1.82) is 0 Å². The molecule has 0 aromatic heterocycles. The molecule has 2 unspecified atom stereocenters. The van der Waals surface area contributed by atoms with Gasteiger partial charge in [-0.15, -0.1) is 0 Å². The van der Waals surface area contributed by atoms with Gasteiger partial charge < -0.3 is 19.3 Å². The van der Waals surface area contributed by atoms with Crippen LogP contribution in [0.3, 0.4) is 0 Å². The fourth-order valence-electron chi connectivity index (χ4n) is 4.01. The molecule has 2 aliphatic heterocycles. The molecule has 10 heteroatoms. The van der Waals surface area contributed by atoms with E-state index in [0.29, 0.717) is 30.0 Å². The number of benzene rings is 1. The summed E-state index contributed by atoms with van der Waals surface area (Å²) < 4.78 is 16.1. The molecule has 2 atom stereocenters. The SMILES string of the molecule is COc1ccc(CC(=O)NNC(=O)C2(C(C)C)OC3(O)CCCCN3C2=O)cc1OC. The van der Waals surface area contributed by atoms with Crippen LogP contribution in [0, 0.1) is 5.92 Å². The maximum Gasteiger partial charge on any atom is 0.280 e. The summed E-state index contributed by atoms with van der Waals surface area (Å²) in [6, 6.07) is 5.04. The molecule has 2 fully saturated rings. The Morgan fingerprint density at radius 1 is 1.19 bits per heavy atom. The largest absolute Gasteiger partial charge is 0.493 e. The third kappa shape index (κ3) is 4.05. The van der Waals surface area contributed by atoms with Crippen LogP contribution in [0.15, 0.2) is 18.2 Å². The van der Waals surface area contributed by atoms with E-state index in [4.69, 9.17) is 14.2 Å². The Bertz CT molecular complexity index is 875. The van der Waals surface area contributed by atoms with Crippen molar-refractivity contribution in [3.05, 3.63) is 23.8 Å². The van der Waals surface area contributed by atoms with E-state index in [9.17, 15) is 19.5 Å². The normalized spacial score (nSPS) is 25.2. The summed E-state index contributed by atoms with van der Waals surface area (Å²) in [6.45, 7) is 3.62. The average molecular weight is 435 g/mol. The molecular formula is C21H29N3O7. The number of nitrogens with zero attached hydrogens (tertiary/aromatic N) is 1. The molecule has 3 amide bonds. The molecule has 1 aromatic carbocycles. The summed E-state index contributed by atoms with van der Waals surface area (Å²) in [7, 11) is 3.01. The molecule has 1 aromatic rings. The lowest BCUT2D eigenvalue weighted by Crippen LogP contribution is -2.60. The number of aliphatic hydroxyl groups is 1. The molecule has 10 nitrogen and oxygen atoms in total. The topological polar surface area (TPSA) is 126 Å². The molecule has 0 saturated carbocycles. The number of hydrogen-bond acceptors (Lipinski definition) is 7. The number of ether oxygens (including phenoxy) is 3. The van der Waals surface area contributed by atoms with E-state index in [1.54, 1.807) is 32.0 Å². The summed E-state index contributed by atoms with van der Waals surface area (Å²) in [5, 5.41) is 10.8. The van der Waals surface area contributed by atoms with Gasteiger partial charge in [0, 0.05) is 18.9 Å². The van der Waals surface area contributed by atoms with Crippen LogP contribution >= 0.6 is 0 Å². The van der Waals surface area contributed by atoms with Gasteiger partial charge in [-0.1, -0.05) is 19.9 Å². The van der Waals surface area contributed by atoms with Gasteiger partial charge in [-0.2, -0.15) is 0 Å². The highest BCUT2D eigenvalue weighted by atomic mass is 16.7. The third-order valence-corrected chi connectivity index (χ3v) is 5.72. The van der Waals surface area contributed by atoms with Crippen molar-refractivity contribution < 1.29 is 33.7 Å². The van der Waals surface area contributed by atoms with Gasteiger partial charge in [0.2, 0.25) is 11.5 Å². The van der Waals surface area contributed by atoms with Crippen LogP contribution in [-0.4, -0.2) is 60.0 Å². The minimum atomic E-state index is -1.92. The molecule has 3 N–H and O–H groups in total. The second-order valence-electron chi connectivity index (χ2n) is 8.02. The van der Waals surface area contributed by atoms with Crippen LogP contribution < -0.4 is 20.3 Å². The predicted octanol–water partition coefficient (Wildman–Crippen LogP) is 0.477. The van der Waals surface area contributed by atoms with Crippen molar-refractivity contribution in [2.45, 2.75) is 51.0 Å². The maximum absolute atomic E-state index is 13.1. The van der Waals surface area contributed by atoms with E-state index in [1.165, 1.54) is 19.1 Å². The maximum atomic E-state index is 13.1. The van der Waals surface area contributed by atoms with Crippen LogP contribution in [-0.2, 0) is 25.5 Å². The second kappa shape index (κ2) is 8.72. The highest BCUT2D eigenvalue weighted by Gasteiger charge is 2.66. The highest BCUT2D eigenvalue weighted by Crippen LogP contribution is 2.43. The molecule has 3 rings (SSSR count). The highest BCUT2D eigenvalue weighted by molar-refractivity contribution is 6.10. The smallest absolute Gasteiger partial charge is 0.280 e. The van der Waals surface area contributed by atoms with Crippen LogP contribution in [0.2, 0.25) is 0 Å². The Kier molecular flexibility index (Phi) is 6.42. The lowest BCUT2D eigenvalue weighted by Gasteiger charge is -2.35. The van der Waals surface area contributed by atoms with E-state index < -0.39 is 35.2 Å². The van der Waals surface area contributed by atoms with Crippen molar-refractivity contribution in [3.63, 3.8) is 0 Å². The number of methoxy groups -OCH3 is 2. The second-order valence-corrected chi connectivity index (χ2v) is 8.02. The number of hydrazine groups is 1. The zero-order valence-electron chi connectivity index (χ0n) is 18.2. The first-order valence-corrected chi connectivity index (χ1v) is 10.2. The summed E-state index contributed by atoms with van der Waals surface area (Å²) >= 11 is 0. The molecule has 0 spiro atoms.